The van der Waals surface area contributed by atoms with Crippen LogP contribution in [-0.4, -0.2) is 25.4 Å². The minimum Gasteiger partial charge on any atom is -0.374 e. The van der Waals surface area contributed by atoms with E-state index < -0.39 is 0 Å². The van der Waals surface area contributed by atoms with Gasteiger partial charge in [0.15, 0.2) is 0 Å². The van der Waals surface area contributed by atoms with E-state index in [2.05, 4.69) is 62.5 Å². The van der Waals surface area contributed by atoms with Crippen LogP contribution in [0.15, 0.2) is 48.6 Å². The molecule has 0 heterocycles. The highest BCUT2D eigenvalue weighted by Gasteiger charge is 2.21. The van der Waals surface area contributed by atoms with Crippen molar-refractivity contribution in [2.75, 3.05) is 13.2 Å². The van der Waals surface area contributed by atoms with Crippen molar-refractivity contribution in [3.63, 3.8) is 0 Å². The van der Waals surface area contributed by atoms with Crippen molar-refractivity contribution < 1.29 is 9.47 Å². The van der Waals surface area contributed by atoms with Crippen molar-refractivity contribution in [1.82, 2.24) is 0 Å². The molecule has 0 N–H and O–H groups in total. The number of ether oxygens (including phenoxy) is 2. The second-order valence-electron chi connectivity index (χ2n) is 6.36. The molecule has 0 spiro atoms. The zero-order valence-electron chi connectivity index (χ0n) is 15.7. The van der Waals surface area contributed by atoms with Gasteiger partial charge in [0.05, 0.1) is 25.4 Å². The Hall–Kier alpha value is -1.12. The van der Waals surface area contributed by atoms with Gasteiger partial charge in [-0.25, -0.2) is 0 Å². The number of hydrogen-bond donors (Lipinski definition) is 0. The molecule has 0 amide bonds. The first-order valence-corrected chi connectivity index (χ1v) is 9.73. The van der Waals surface area contributed by atoms with E-state index in [9.17, 15) is 0 Å². The molecule has 0 aromatic heterocycles. The van der Waals surface area contributed by atoms with Gasteiger partial charge < -0.3 is 9.47 Å². The number of hydrogen-bond acceptors (Lipinski definition) is 2. The largest absolute Gasteiger partial charge is 0.374 e. The summed E-state index contributed by atoms with van der Waals surface area (Å²) in [5, 5.41) is 0. The van der Waals surface area contributed by atoms with Crippen molar-refractivity contribution in [2.45, 2.75) is 77.4 Å². The van der Waals surface area contributed by atoms with Crippen molar-refractivity contribution in [3.8, 4) is 0 Å². The molecule has 0 aromatic carbocycles. The fourth-order valence-electron chi connectivity index (χ4n) is 2.70. The lowest BCUT2D eigenvalue weighted by Crippen LogP contribution is -2.26. The molecule has 1 saturated carbocycles. The van der Waals surface area contributed by atoms with Gasteiger partial charge in [0.25, 0.3) is 0 Å². The summed E-state index contributed by atoms with van der Waals surface area (Å²) in [5.74, 6) is 0. The zero-order valence-corrected chi connectivity index (χ0v) is 15.7. The van der Waals surface area contributed by atoms with E-state index in [1.165, 1.54) is 12.8 Å². The van der Waals surface area contributed by atoms with Gasteiger partial charge in [-0.1, -0.05) is 75.3 Å². The summed E-state index contributed by atoms with van der Waals surface area (Å²) in [6, 6.07) is 0. The van der Waals surface area contributed by atoms with E-state index in [1.807, 2.05) is 0 Å². The maximum absolute atomic E-state index is 5.92. The summed E-state index contributed by atoms with van der Waals surface area (Å²) >= 11 is 0. The van der Waals surface area contributed by atoms with Crippen molar-refractivity contribution in [2.24, 2.45) is 0 Å². The summed E-state index contributed by atoms with van der Waals surface area (Å²) in [7, 11) is 0. The summed E-state index contributed by atoms with van der Waals surface area (Å²) in [5.41, 5.74) is 0. The lowest BCUT2D eigenvalue weighted by atomic mass is 9.95. The predicted octanol–water partition coefficient (Wildman–Crippen LogP) is 6.16. The summed E-state index contributed by atoms with van der Waals surface area (Å²) in [4.78, 5) is 0. The van der Waals surface area contributed by atoms with Crippen LogP contribution in [0, 0.1) is 0 Å². The molecule has 136 valence electrons. The van der Waals surface area contributed by atoms with Crippen LogP contribution in [0.5, 0.6) is 0 Å². The van der Waals surface area contributed by atoms with Crippen molar-refractivity contribution in [1.29, 1.82) is 0 Å². The zero-order chi connectivity index (χ0) is 17.3. The predicted molar refractivity (Wildman–Crippen MR) is 104 cm³/mol. The van der Waals surface area contributed by atoms with Gasteiger partial charge in [-0.15, -0.1) is 0 Å². The summed E-state index contributed by atoms with van der Waals surface area (Å²) in [6.45, 7) is 5.83. The van der Waals surface area contributed by atoms with E-state index >= 15 is 0 Å². The summed E-state index contributed by atoms with van der Waals surface area (Å²) < 4.78 is 11.8. The normalized spacial score (nSPS) is 22.6. The average molecular weight is 333 g/mol. The van der Waals surface area contributed by atoms with Crippen LogP contribution in [0.4, 0.5) is 0 Å². The Labute approximate surface area is 149 Å². The SMILES string of the molecule is CCC/C=C/C=C/CO[C@H]1CC[C@H](OC/C=C/C=C/CCC)CC1. The molecule has 0 atom stereocenters. The maximum Gasteiger partial charge on any atom is 0.0654 e. The van der Waals surface area contributed by atoms with Gasteiger partial charge in [-0.05, 0) is 38.5 Å². The molecule has 0 aliphatic heterocycles. The van der Waals surface area contributed by atoms with Gasteiger partial charge in [0.2, 0.25) is 0 Å². The summed E-state index contributed by atoms with van der Waals surface area (Å²) in [6.07, 6.45) is 27.0. The third-order valence-electron chi connectivity index (χ3n) is 4.15. The fraction of sp³-hybridized carbons (Fsp3) is 0.636. The Morgan fingerprint density at radius 1 is 0.625 bits per heavy atom. The second-order valence-corrected chi connectivity index (χ2v) is 6.36. The molecule has 1 fully saturated rings. The second kappa shape index (κ2) is 15.4. The number of unbranched alkanes of at least 4 members (excludes halogenated alkanes) is 2. The van der Waals surface area contributed by atoms with Gasteiger partial charge >= 0.3 is 0 Å². The first kappa shape index (κ1) is 20.9. The minimum atomic E-state index is 0.404. The van der Waals surface area contributed by atoms with Crippen LogP contribution in [-0.2, 0) is 9.47 Å². The van der Waals surface area contributed by atoms with E-state index in [1.54, 1.807) is 0 Å². The number of allylic oxidation sites excluding steroid dienone is 6. The third kappa shape index (κ3) is 11.4. The Morgan fingerprint density at radius 3 is 1.38 bits per heavy atom. The Morgan fingerprint density at radius 2 is 1.00 bits per heavy atom. The molecule has 0 radical (unpaired) electrons. The molecule has 2 nitrogen and oxygen atoms in total. The average Bonchev–Trinajstić information content (AvgIpc) is 2.61. The molecule has 1 rings (SSSR count). The van der Waals surface area contributed by atoms with E-state index in [-0.39, 0.29) is 0 Å². The van der Waals surface area contributed by atoms with Crippen molar-refractivity contribution >= 4 is 0 Å². The van der Waals surface area contributed by atoms with E-state index in [0.717, 1.165) is 51.7 Å². The highest BCUT2D eigenvalue weighted by Crippen LogP contribution is 2.23. The molecule has 0 unspecified atom stereocenters. The third-order valence-corrected chi connectivity index (χ3v) is 4.15. The molecular formula is C22H36O2. The maximum atomic E-state index is 5.92. The monoisotopic (exact) mass is 332 g/mol. The van der Waals surface area contributed by atoms with E-state index in [0.29, 0.717) is 12.2 Å². The first-order valence-electron chi connectivity index (χ1n) is 9.73. The van der Waals surface area contributed by atoms with Crippen LogP contribution >= 0.6 is 0 Å². The highest BCUT2D eigenvalue weighted by molar-refractivity contribution is 5.03. The van der Waals surface area contributed by atoms with Crippen LogP contribution in [0.3, 0.4) is 0 Å². The van der Waals surface area contributed by atoms with Gasteiger partial charge in [0, 0.05) is 0 Å². The molecule has 1 aliphatic rings. The van der Waals surface area contributed by atoms with E-state index in [4.69, 9.17) is 9.47 Å². The fourth-order valence-corrected chi connectivity index (χ4v) is 2.70. The molecule has 0 saturated heterocycles. The lowest BCUT2D eigenvalue weighted by Gasteiger charge is -2.28. The topological polar surface area (TPSA) is 18.5 Å². The highest BCUT2D eigenvalue weighted by atomic mass is 16.5. The Balaban J connectivity index is 2.03. The van der Waals surface area contributed by atoms with Gasteiger partial charge in [-0.3, -0.25) is 0 Å². The van der Waals surface area contributed by atoms with Gasteiger partial charge in [-0.2, -0.15) is 0 Å². The quantitative estimate of drug-likeness (QED) is 0.399. The molecule has 0 aromatic rings. The van der Waals surface area contributed by atoms with Crippen LogP contribution in [0.1, 0.15) is 65.2 Å². The Bertz CT molecular complexity index is 347. The molecular weight excluding hydrogens is 296 g/mol. The lowest BCUT2D eigenvalue weighted by molar-refractivity contribution is -0.0163. The Kier molecular flexibility index (Phi) is 13.4. The van der Waals surface area contributed by atoms with Crippen LogP contribution in [0.2, 0.25) is 0 Å². The molecule has 1 aliphatic carbocycles. The first-order chi connectivity index (χ1) is 11.9. The van der Waals surface area contributed by atoms with Crippen molar-refractivity contribution in [3.05, 3.63) is 48.6 Å². The van der Waals surface area contributed by atoms with Gasteiger partial charge in [0.1, 0.15) is 0 Å². The molecule has 24 heavy (non-hydrogen) atoms. The standard InChI is InChI=1S/C22H36O2/c1-3-5-7-9-11-13-19-23-21-15-17-22(18-16-21)24-20-14-12-10-8-6-4-2/h7-14,21-22H,3-6,15-20H2,1-2H3/b9-7+,10-8+,13-11+,14-12+/t21-,22-. The minimum absolute atomic E-state index is 0.404. The van der Waals surface area contributed by atoms with Crippen LogP contribution < -0.4 is 0 Å². The number of rotatable bonds is 12. The van der Waals surface area contributed by atoms with Crippen LogP contribution in [0.25, 0.3) is 0 Å². The molecule has 0 bridgehead atoms. The molecule has 2 heteroatoms. The smallest absolute Gasteiger partial charge is 0.0654 e.